The highest BCUT2D eigenvalue weighted by Gasteiger charge is 2.11. The van der Waals surface area contributed by atoms with Crippen molar-refractivity contribution in [2.45, 2.75) is 20.8 Å². The molecule has 1 aromatic carbocycles. The Kier molecular flexibility index (Phi) is 3.69. The first-order valence-corrected chi connectivity index (χ1v) is 6.38. The van der Waals surface area contributed by atoms with Gasteiger partial charge in [0.15, 0.2) is 5.82 Å². The number of benzene rings is 1. The standard InChI is InChI=1S/C15H20N4/c1-15(2,3)10-17-13-9-12(16)18-14(19-13)11-7-5-4-6-8-11/h4-9H,10H2,1-3H3,(H3,16,17,18,19). The van der Waals surface area contributed by atoms with Gasteiger partial charge in [-0.05, 0) is 5.41 Å². The van der Waals surface area contributed by atoms with Crippen molar-refractivity contribution in [2.24, 2.45) is 5.41 Å². The van der Waals surface area contributed by atoms with Crippen molar-refractivity contribution in [3.8, 4) is 11.4 Å². The molecule has 2 aromatic rings. The van der Waals surface area contributed by atoms with E-state index in [9.17, 15) is 0 Å². The van der Waals surface area contributed by atoms with Gasteiger partial charge in [0.05, 0.1) is 0 Å². The van der Waals surface area contributed by atoms with Gasteiger partial charge in [-0.3, -0.25) is 0 Å². The highest BCUT2D eigenvalue weighted by atomic mass is 15.1. The van der Waals surface area contributed by atoms with Gasteiger partial charge in [-0.15, -0.1) is 0 Å². The predicted octanol–water partition coefficient (Wildman–Crippen LogP) is 3.18. The summed E-state index contributed by atoms with van der Waals surface area (Å²) >= 11 is 0. The molecule has 4 nitrogen and oxygen atoms in total. The molecule has 100 valence electrons. The van der Waals surface area contributed by atoms with Gasteiger partial charge < -0.3 is 11.1 Å². The summed E-state index contributed by atoms with van der Waals surface area (Å²) in [5.41, 5.74) is 7.00. The van der Waals surface area contributed by atoms with E-state index in [0.29, 0.717) is 11.6 Å². The van der Waals surface area contributed by atoms with Crippen molar-refractivity contribution in [3.05, 3.63) is 36.4 Å². The van der Waals surface area contributed by atoms with Crippen LogP contribution in [-0.4, -0.2) is 16.5 Å². The molecule has 0 aliphatic carbocycles. The SMILES string of the molecule is CC(C)(C)CNc1cc(N)nc(-c2ccccc2)n1. The van der Waals surface area contributed by atoms with E-state index in [1.165, 1.54) is 0 Å². The van der Waals surface area contributed by atoms with Crippen LogP contribution in [0.1, 0.15) is 20.8 Å². The quantitative estimate of drug-likeness (QED) is 0.885. The van der Waals surface area contributed by atoms with Crippen molar-refractivity contribution in [1.82, 2.24) is 9.97 Å². The lowest BCUT2D eigenvalue weighted by molar-refractivity contribution is 0.442. The molecule has 4 heteroatoms. The minimum absolute atomic E-state index is 0.187. The number of hydrogen-bond acceptors (Lipinski definition) is 4. The van der Waals surface area contributed by atoms with Crippen LogP contribution in [0.4, 0.5) is 11.6 Å². The molecule has 0 aliphatic rings. The lowest BCUT2D eigenvalue weighted by Gasteiger charge is -2.19. The average molecular weight is 256 g/mol. The number of rotatable bonds is 3. The minimum atomic E-state index is 0.187. The molecule has 0 fully saturated rings. The van der Waals surface area contributed by atoms with Crippen LogP contribution in [0.2, 0.25) is 0 Å². The predicted molar refractivity (Wildman–Crippen MR) is 79.8 cm³/mol. The summed E-state index contributed by atoms with van der Waals surface area (Å²) in [7, 11) is 0. The van der Waals surface area contributed by atoms with Crippen LogP contribution in [0.15, 0.2) is 36.4 Å². The summed E-state index contributed by atoms with van der Waals surface area (Å²) in [6.45, 7) is 7.34. The van der Waals surface area contributed by atoms with Gasteiger partial charge in [0.1, 0.15) is 11.6 Å². The van der Waals surface area contributed by atoms with E-state index in [1.807, 2.05) is 30.3 Å². The Morgan fingerprint density at radius 1 is 1.11 bits per heavy atom. The third kappa shape index (κ3) is 3.95. The molecule has 0 spiro atoms. The summed E-state index contributed by atoms with van der Waals surface area (Å²) < 4.78 is 0. The van der Waals surface area contributed by atoms with Gasteiger partial charge in [0.2, 0.25) is 0 Å². The molecule has 1 heterocycles. The Morgan fingerprint density at radius 3 is 2.42 bits per heavy atom. The van der Waals surface area contributed by atoms with E-state index in [1.54, 1.807) is 6.07 Å². The summed E-state index contributed by atoms with van der Waals surface area (Å²) in [5.74, 6) is 1.89. The maximum absolute atomic E-state index is 5.84. The van der Waals surface area contributed by atoms with E-state index in [2.05, 4.69) is 36.1 Å². The minimum Gasteiger partial charge on any atom is -0.384 e. The van der Waals surface area contributed by atoms with Crippen molar-refractivity contribution in [1.29, 1.82) is 0 Å². The Bertz CT molecular complexity index is 544. The molecule has 19 heavy (non-hydrogen) atoms. The fraction of sp³-hybridized carbons (Fsp3) is 0.333. The summed E-state index contributed by atoms with van der Waals surface area (Å²) in [4.78, 5) is 8.78. The monoisotopic (exact) mass is 256 g/mol. The topological polar surface area (TPSA) is 63.8 Å². The molecule has 0 radical (unpaired) electrons. The Hall–Kier alpha value is -2.10. The van der Waals surface area contributed by atoms with E-state index >= 15 is 0 Å². The highest BCUT2D eigenvalue weighted by molar-refractivity contribution is 5.60. The lowest BCUT2D eigenvalue weighted by Crippen LogP contribution is -2.20. The van der Waals surface area contributed by atoms with Crippen LogP contribution in [-0.2, 0) is 0 Å². The fourth-order valence-corrected chi connectivity index (χ4v) is 1.63. The second-order valence-corrected chi connectivity index (χ2v) is 5.78. The van der Waals surface area contributed by atoms with E-state index < -0.39 is 0 Å². The van der Waals surface area contributed by atoms with Crippen LogP contribution >= 0.6 is 0 Å². The van der Waals surface area contributed by atoms with Crippen molar-refractivity contribution in [2.75, 3.05) is 17.6 Å². The average Bonchev–Trinajstić information content (AvgIpc) is 2.36. The van der Waals surface area contributed by atoms with Crippen molar-refractivity contribution < 1.29 is 0 Å². The Labute approximate surface area is 114 Å². The first-order chi connectivity index (χ1) is 8.94. The van der Waals surface area contributed by atoms with Crippen LogP contribution < -0.4 is 11.1 Å². The first-order valence-electron chi connectivity index (χ1n) is 6.38. The molecule has 0 saturated heterocycles. The summed E-state index contributed by atoms with van der Waals surface area (Å²) in [6.07, 6.45) is 0. The molecule has 2 rings (SSSR count). The first kappa shape index (κ1) is 13.3. The van der Waals surface area contributed by atoms with Crippen LogP contribution in [0, 0.1) is 5.41 Å². The number of nitrogen functional groups attached to an aromatic ring is 1. The maximum Gasteiger partial charge on any atom is 0.163 e. The van der Waals surface area contributed by atoms with Crippen LogP contribution in [0.3, 0.4) is 0 Å². The van der Waals surface area contributed by atoms with Crippen LogP contribution in [0.5, 0.6) is 0 Å². The molecule has 1 aromatic heterocycles. The molecule has 3 N–H and O–H groups in total. The van der Waals surface area contributed by atoms with E-state index in [4.69, 9.17) is 5.73 Å². The molecular formula is C15H20N4. The molecule has 0 atom stereocenters. The molecule has 0 saturated carbocycles. The Balaban J connectivity index is 2.25. The normalized spacial score (nSPS) is 11.3. The number of nitrogens with one attached hydrogen (secondary N) is 1. The summed E-state index contributed by atoms with van der Waals surface area (Å²) in [6, 6.07) is 11.6. The second-order valence-electron chi connectivity index (χ2n) is 5.78. The molecule has 0 unspecified atom stereocenters. The molecular weight excluding hydrogens is 236 g/mol. The summed E-state index contributed by atoms with van der Waals surface area (Å²) in [5, 5.41) is 3.30. The zero-order chi connectivity index (χ0) is 13.9. The molecule has 0 bridgehead atoms. The van der Waals surface area contributed by atoms with Crippen LogP contribution in [0.25, 0.3) is 11.4 Å². The largest absolute Gasteiger partial charge is 0.384 e. The smallest absolute Gasteiger partial charge is 0.163 e. The van der Waals surface area contributed by atoms with Gasteiger partial charge in [-0.25, -0.2) is 9.97 Å². The van der Waals surface area contributed by atoms with Gasteiger partial charge in [-0.2, -0.15) is 0 Å². The van der Waals surface area contributed by atoms with Crippen molar-refractivity contribution in [3.63, 3.8) is 0 Å². The third-order valence-electron chi connectivity index (χ3n) is 2.58. The number of anilines is 2. The second kappa shape index (κ2) is 5.26. The lowest BCUT2D eigenvalue weighted by atomic mass is 9.97. The zero-order valence-corrected chi connectivity index (χ0v) is 11.6. The number of hydrogen-bond donors (Lipinski definition) is 2. The number of aromatic nitrogens is 2. The zero-order valence-electron chi connectivity index (χ0n) is 11.6. The van der Waals surface area contributed by atoms with E-state index in [0.717, 1.165) is 17.9 Å². The van der Waals surface area contributed by atoms with Gasteiger partial charge in [0, 0.05) is 18.2 Å². The van der Waals surface area contributed by atoms with Crippen molar-refractivity contribution >= 4 is 11.6 Å². The van der Waals surface area contributed by atoms with Gasteiger partial charge in [0.25, 0.3) is 0 Å². The molecule has 0 amide bonds. The Morgan fingerprint density at radius 2 is 1.79 bits per heavy atom. The number of nitrogens with two attached hydrogens (primary N) is 1. The third-order valence-corrected chi connectivity index (χ3v) is 2.58. The highest BCUT2D eigenvalue weighted by Crippen LogP contribution is 2.20. The van der Waals surface area contributed by atoms with Gasteiger partial charge in [-0.1, -0.05) is 51.1 Å². The van der Waals surface area contributed by atoms with E-state index in [-0.39, 0.29) is 5.41 Å². The molecule has 0 aliphatic heterocycles. The number of nitrogens with zero attached hydrogens (tertiary/aromatic N) is 2. The van der Waals surface area contributed by atoms with Gasteiger partial charge >= 0.3 is 0 Å². The fourth-order valence-electron chi connectivity index (χ4n) is 1.63. The maximum atomic E-state index is 5.84.